The Morgan fingerprint density at radius 3 is 2.24 bits per heavy atom. The lowest BCUT2D eigenvalue weighted by atomic mass is 9.94. The van der Waals surface area contributed by atoms with E-state index in [2.05, 4.69) is 10.6 Å². The molecule has 8 nitrogen and oxygen atoms in total. The first-order chi connectivity index (χ1) is 15.1. The summed E-state index contributed by atoms with van der Waals surface area (Å²) in [5.74, 6) is -0.905. The molecule has 0 aromatic heterocycles. The molecule has 33 heavy (non-hydrogen) atoms. The van der Waals surface area contributed by atoms with E-state index < -0.39 is 35.1 Å². The van der Waals surface area contributed by atoms with E-state index in [1.54, 1.807) is 66.7 Å². The molecule has 8 heteroatoms. The fraction of sp³-hybridized carbons (Fsp3) is 0.640. The monoisotopic (exact) mass is 463 g/mol. The number of carbonyl (C=O) groups excluding carboxylic acids is 3. The van der Waals surface area contributed by atoms with Crippen LogP contribution in [0.4, 0.5) is 4.79 Å². The van der Waals surface area contributed by atoms with Crippen molar-refractivity contribution in [2.75, 3.05) is 6.54 Å². The van der Waals surface area contributed by atoms with Crippen LogP contribution >= 0.6 is 0 Å². The van der Waals surface area contributed by atoms with Crippen LogP contribution in [0.2, 0.25) is 0 Å². The van der Waals surface area contributed by atoms with Gasteiger partial charge in [0.05, 0.1) is 0 Å². The minimum absolute atomic E-state index is 0.0389. The van der Waals surface area contributed by atoms with Crippen LogP contribution in [0.15, 0.2) is 18.2 Å². The van der Waals surface area contributed by atoms with Crippen molar-refractivity contribution in [2.45, 2.75) is 98.4 Å². The molecular formula is C25H41N3O5. The molecule has 186 valence electrons. The number of para-hydroxylation sites is 1. The number of rotatable bonds is 8. The van der Waals surface area contributed by atoms with Crippen LogP contribution in [-0.4, -0.2) is 51.6 Å². The second-order valence-corrected chi connectivity index (χ2v) is 10.4. The molecule has 0 heterocycles. The van der Waals surface area contributed by atoms with Gasteiger partial charge in [0.15, 0.2) is 0 Å². The highest BCUT2D eigenvalue weighted by Gasteiger charge is 2.40. The predicted molar refractivity (Wildman–Crippen MR) is 129 cm³/mol. The van der Waals surface area contributed by atoms with Gasteiger partial charge in [0.2, 0.25) is 11.8 Å². The topological polar surface area (TPSA) is 108 Å². The normalized spacial score (nSPS) is 13.6. The zero-order chi connectivity index (χ0) is 25.6. The van der Waals surface area contributed by atoms with E-state index in [0.29, 0.717) is 11.1 Å². The molecule has 0 bridgehead atoms. The van der Waals surface area contributed by atoms with Crippen molar-refractivity contribution in [3.63, 3.8) is 0 Å². The third-order valence-corrected chi connectivity index (χ3v) is 4.95. The quantitative estimate of drug-likeness (QED) is 0.536. The zero-order valence-corrected chi connectivity index (χ0v) is 21.5. The average Bonchev–Trinajstić information content (AvgIpc) is 2.64. The molecule has 0 radical (unpaired) electrons. The van der Waals surface area contributed by atoms with E-state index in [-0.39, 0.29) is 18.3 Å². The van der Waals surface area contributed by atoms with Gasteiger partial charge >= 0.3 is 6.09 Å². The molecule has 3 amide bonds. The van der Waals surface area contributed by atoms with E-state index >= 15 is 0 Å². The molecule has 0 aliphatic carbocycles. The van der Waals surface area contributed by atoms with E-state index in [9.17, 15) is 19.5 Å². The number of benzene rings is 1. The summed E-state index contributed by atoms with van der Waals surface area (Å²) in [5, 5.41) is 16.2. The van der Waals surface area contributed by atoms with Gasteiger partial charge < -0.3 is 25.4 Å². The molecule has 0 saturated heterocycles. The minimum atomic E-state index is -1.09. The van der Waals surface area contributed by atoms with Crippen LogP contribution < -0.4 is 10.6 Å². The van der Waals surface area contributed by atoms with Crippen molar-refractivity contribution in [1.82, 2.24) is 15.5 Å². The van der Waals surface area contributed by atoms with Gasteiger partial charge in [0.25, 0.3) is 0 Å². The van der Waals surface area contributed by atoms with E-state index in [4.69, 9.17) is 4.74 Å². The number of ether oxygens (including phenoxy) is 1. The molecule has 3 N–H and O–H groups in total. The number of hydrogen-bond donors (Lipinski definition) is 3. The lowest BCUT2D eigenvalue weighted by Gasteiger charge is -2.42. The molecule has 2 unspecified atom stereocenters. The number of amides is 3. The van der Waals surface area contributed by atoms with E-state index in [0.717, 1.165) is 12.8 Å². The van der Waals surface area contributed by atoms with Crippen LogP contribution in [0.25, 0.3) is 0 Å². The van der Waals surface area contributed by atoms with Gasteiger partial charge in [0, 0.05) is 17.1 Å². The summed E-state index contributed by atoms with van der Waals surface area (Å²) >= 11 is 0. The number of carbonyl (C=O) groups is 3. The summed E-state index contributed by atoms with van der Waals surface area (Å²) in [7, 11) is 0. The Bertz CT molecular complexity index is 839. The third-order valence-electron chi connectivity index (χ3n) is 4.95. The molecule has 1 aromatic rings. The molecule has 0 aliphatic rings. The average molecular weight is 464 g/mol. The first kappa shape index (κ1) is 28.3. The summed E-state index contributed by atoms with van der Waals surface area (Å²) in [5.41, 5.74) is -0.571. The first-order valence-corrected chi connectivity index (χ1v) is 11.5. The summed E-state index contributed by atoms with van der Waals surface area (Å²) in [6.45, 7) is 15.9. The highest BCUT2D eigenvalue weighted by atomic mass is 16.6. The lowest BCUT2D eigenvalue weighted by molar-refractivity contribution is -0.146. The van der Waals surface area contributed by atoms with Gasteiger partial charge in [-0.15, -0.1) is 0 Å². The maximum Gasteiger partial charge on any atom is 0.408 e. The van der Waals surface area contributed by atoms with Gasteiger partial charge in [-0.05, 0) is 67.4 Å². The Morgan fingerprint density at radius 1 is 1.12 bits per heavy atom. The fourth-order valence-electron chi connectivity index (χ4n) is 3.58. The fourth-order valence-corrected chi connectivity index (χ4v) is 3.58. The number of hydrogen-bond acceptors (Lipinski definition) is 5. The van der Waals surface area contributed by atoms with Gasteiger partial charge in [-0.2, -0.15) is 0 Å². The van der Waals surface area contributed by atoms with Crippen LogP contribution in [0.1, 0.15) is 85.4 Å². The van der Waals surface area contributed by atoms with Crippen molar-refractivity contribution >= 4 is 17.9 Å². The van der Waals surface area contributed by atoms with Crippen molar-refractivity contribution in [3.8, 4) is 5.75 Å². The van der Waals surface area contributed by atoms with Gasteiger partial charge in [-0.3, -0.25) is 9.59 Å². The number of phenols is 1. The van der Waals surface area contributed by atoms with Crippen LogP contribution in [0.5, 0.6) is 5.75 Å². The molecule has 0 spiro atoms. The minimum Gasteiger partial charge on any atom is -0.507 e. The first-order valence-electron chi connectivity index (χ1n) is 11.5. The molecule has 0 saturated carbocycles. The lowest BCUT2D eigenvalue weighted by Crippen LogP contribution is -2.55. The van der Waals surface area contributed by atoms with Crippen molar-refractivity contribution in [1.29, 1.82) is 0 Å². The number of alkyl carbamates (subject to hydrolysis) is 1. The Labute approximate surface area is 198 Å². The standard InChI is InChI=1S/C25H41N3O5/c1-10-12-17(3)27-22(31)20(18-14-11-13-16(2)21(18)30)28(24(4,5)6)19(29)15-26-23(32)33-25(7,8)9/h11,13-14,17,20,30H,10,12,15H2,1-9H3,(H,26,32)(H,27,31). The SMILES string of the molecule is CCCC(C)NC(=O)C(c1cccc(C)c1O)N(C(=O)CNC(=O)OC(C)(C)C)C(C)(C)C. The highest BCUT2D eigenvalue weighted by Crippen LogP contribution is 2.35. The summed E-state index contributed by atoms with van der Waals surface area (Å²) in [6.07, 6.45) is 0.950. The number of nitrogens with one attached hydrogen (secondary N) is 2. The summed E-state index contributed by atoms with van der Waals surface area (Å²) in [4.78, 5) is 40.4. The predicted octanol–water partition coefficient (Wildman–Crippen LogP) is 4.20. The van der Waals surface area contributed by atoms with Crippen molar-refractivity contribution in [3.05, 3.63) is 29.3 Å². The Kier molecular flexibility index (Phi) is 9.75. The zero-order valence-electron chi connectivity index (χ0n) is 21.5. The Hall–Kier alpha value is -2.77. The van der Waals surface area contributed by atoms with E-state index in [1.807, 2.05) is 13.8 Å². The largest absolute Gasteiger partial charge is 0.507 e. The van der Waals surface area contributed by atoms with Crippen molar-refractivity contribution in [2.24, 2.45) is 0 Å². The number of aryl methyl sites for hydroxylation is 1. The van der Waals surface area contributed by atoms with Gasteiger partial charge in [0.1, 0.15) is 23.9 Å². The molecule has 0 aliphatic heterocycles. The second-order valence-electron chi connectivity index (χ2n) is 10.4. The van der Waals surface area contributed by atoms with Gasteiger partial charge in [-0.25, -0.2) is 4.79 Å². The number of aromatic hydroxyl groups is 1. The van der Waals surface area contributed by atoms with Crippen molar-refractivity contribution < 1.29 is 24.2 Å². The van der Waals surface area contributed by atoms with Gasteiger partial charge in [-0.1, -0.05) is 31.5 Å². The maximum atomic E-state index is 13.5. The highest BCUT2D eigenvalue weighted by molar-refractivity contribution is 5.91. The summed E-state index contributed by atoms with van der Waals surface area (Å²) < 4.78 is 5.22. The number of phenolic OH excluding ortho intramolecular Hbond substituents is 1. The van der Waals surface area contributed by atoms with Crippen LogP contribution in [0, 0.1) is 6.92 Å². The Morgan fingerprint density at radius 2 is 1.73 bits per heavy atom. The number of nitrogens with zero attached hydrogens (tertiary/aromatic N) is 1. The molecular weight excluding hydrogens is 422 g/mol. The second kappa shape index (κ2) is 11.4. The van der Waals surface area contributed by atoms with Crippen LogP contribution in [0.3, 0.4) is 0 Å². The maximum absolute atomic E-state index is 13.5. The molecule has 1 rings (SSSR count). The molecule has 0 fully saturated rings. The molecule has 1 aromatic carbocycles. The van der Waals surface area contributed by atoms with Crippen LogP contribution in [-0.2, 0) is 14.3 Å². The molecule has 2 atom stereocenters. The van der Waals surface area contributed by atoms with E-state index in [1.165, 1.54) is 4.90 Å². The Balaban J connectivity index is 3.38. The smallest absolute Gasteiger partial charge is 0.408 e. The third kappa shape index (κ3) is 8.59. The summed E-state index contributed by atoms with van der Waals surface area (Å²) in [6, 6.07) is 3.93.